The molecule has 1 aromatic rings. The number of hydrogen-bond acceptors (Lipinski definition) is 3. The van der Waals surface area contributed by atoms with Gasteiger partial charge in [-0.25, -0.2) is 5.06 Å². The Balaban J connectivity index is 3.19. The van der Waals surface area contributed by atoms with Gasteiger partial charge in [0.05, 0.1) is 18.2 Å². The topological polar surface area (TPSA) is 42.4 Å². The van der Waals surface area contributed by atoms with Crippen LogP contribution in [0.4, 0.5) is 13.2 Å². The molecule has 1 heterocycles. The fraction of sp³-hybridized carbons (Fsp3) is 0.333. The van der Waals surface area contributed by atoms with Gasteiger partial charge in [0.2, 0.25) is 0 Å². The van der Waals surface area contributed by atoms with Crippen molar-refractivity contribution in [2.24, 2.45) is 0 Å². The number of hydrogen-bond donors (Lipinski definition) is 0. The number of nitrogens with zero attached hydrogens (tertiary/aromatic N) is 2. The maximum atomic E-state index is 12.5. The van der Waals surface area contributed by atoms with Gasteiger partial charge in [-0.2, -0.15) is 13.2 Å². The summed E-state index contributed by atoms with van der Waals surface area (Å²) in [6, 6.07) is 0.747. The summed E-state index contributed by atoms with van der Waals surface area (Å²) in [4.78, 5) is 19.5. The van der Waals surface area contributed by atoms with E-state index in [1.165, 1.54) is 14.2 Å². The molecule has 1 aromatic heterocycles. The molecular formula is C9H9F3N2O2. The van der Waals surface area contributed by atoms with Crippen molar-refractivity contribution in [2.75, 3.05) is 14.2 Å². The van der Waals surface area contributed by atoms with Gasteiger partial charge in [0.25, 0.3) is 5.91 Å². The van der Waals surface area contributed by atoms with Crippen LogP contribution in [0, 0.1) is 0 Å². The standard InChI is InChI=1S/C9H9F3N2O2/c1-14(16-2)8(15)6-5-13-4-3-7(6)9(10,11)12/h3-5H,1-2H3. The highest BCUT2D eigenvalue weighted by atomic mass is 19.4. The number of pyridine rings is 1. The lowest BCUT2D eigenvalue weighted by molar-refractivity contribution is -0.138. The molecule has 0 bridgehead atoms. The second-order valence-corrected chi connectivity index (χ2v) is 2.90. The number of amides is 1. The summed E-state index contributed by atoms with van der Waals surface area (Å²) in [5, 5.41) is 0.701. The SMILES string of the molecule is CON(C)C(=O)c1cnccc1C(F)(F)F. The molecule has 0 fully saturated rings. The molecule has 0 saturated heterocycles. The van der Waals surface area contributed by atoms with Crippen LogP contribution in [-0.2, 0) is 11.0 Å². The van der Waals surface area contributed by atoms with Gasteiger partial charge < -0.3 is 0 Å². The van der Waals surface area contributed by atoms with Gasteiger partial charge in [-0.3, -0.25) is 14.6 Å². The summed E-state index contributed by atoms with van der Waals surface area (Å²) >= 11 is 0. The molecule has 4 nitrogen and oxygen atoms in total. The second-order valence-electron chi connectivity index (χ2n) is 2.90. The van der Waals surface area contributed by atoms with Crippen molar-refractivity contribution in [3.63, 3.8) is 0 Å². The molecule has 0 saturated carbocycles. The minimum atomic E-state index is -4.59. The van der Waals surface area contributed by atoms with Gasteiger partial charge in [-0.1, -0.05) is 0 Å². The van der Waals surface area contributed by atoms with Crippen LogP contribution >= 0.6 is 0 Å². The maximum absolute atomic E-state index is 12.5. The Morgan fingerprint density at radius 2 is 2.12 bits per heavy atom. The van der Waals surface area contributed by atoms with Crippen LogP contribution in [0.15, 0.2) is 18.5 Å². The van der Waals surface area contributed by atoms with Crippen molar-refractivity contribution in [3.05, 3.63) is 29.6 Å². The molecule has 0 atom stereocenters. The van der Waals surface area contributed by atoms with E-state index in [4.69, 9.17) is 0 Å². The van der Waals surface area contributed by atoms with E-state index in [0.717, 1.165) is 18.5 Å². The van der Waals surface area contributed by atoms with Crippen LogP contribution in [0.5, 0.6) is 0 Å². The largest absolute Gasteiger partial charge is 0.417 e. The molecule has 0 N–H and O–H groups in total. The molecule has 0 aliphatic heterocycles. The van der Waals surface area contributed by atoms with Crippen molar-refractivity contribution >= 4 is 5.91 Å². The molecule has 0 aliphatic rings. The predicted molar refractivity (Wildman–Crippen MR) is 48.3 cm³/mol. The zero-order chi connectivity index (χ0) is 12.3. The molecule has 1 rings (SSSR count). The molecule has 16 heavy (non-hydrogen) atoms. The van der Waals surface area contributed by atoms with Crippen LogP contribution in [-0.4, -0.2) is 30.1 Å². The number of aromatic nitrogens is 1. The van der Waals surface area contributed by atoms with Gasteiger partial charge in [0, 0.05) is 19.4 Å². The minimum Gasteiger partial charge on any atom is -0.274 e. The molecule has 0 unspecified atom stereocenters. The van der Waals surface area contributed by atoms with Gasteiger partial charge in [-0.05, 0) is 6.07 Å². The summed E-state index contributed by atoms with van der Waals surface area (Å²) in [6.07, 6.45) is -2.75. The molecule has 0 spiro atoms. The Morgan fingerprint density at radius 3 is 2.62 bits per heavy atom. The van der Waals surface area contributed by atoms with E-state index < -0.39 is 23.2 Å². The highest BCUT2D eigenvalue weighted by molar-refractivity contribution is 5.94. The summed E-state index contributed by atoms with van der Waals surface area (Å²) < 4.78 is 37.6. The zero-order valence-corrected chi connectivity index (χ0v) is 8.58. The lowest BCUT2D eigenvalue weighted by atomic mass is 10.1. The quantitative estimate of drug-likeness (QED) is 0.732. The molecule has 7 heteroatoms. The van der Waals surface area contributed by atoms with Crippen LogP contribution < -0.4 is 0 Å². The van der Waals surface area contributed by atoms with Crippen LogP contribution in [0.1, 0.15) is 15.9 Å². The fourth-order valence-corrected chi connectivity index (χ4v) is 1.06. The first-order valence-electron chi connectivity index (χ1n) is 4.21. The van der Waals surface area contributed by atoms with Crippen LogP contribution in [0.25, 0.3) is 0 Å². The summed E-state index contributed by atoms with van der Waals surface area (Å²) in [6.45, 7) is 0. The van der Waals surface area contributed by atoms with Crippen molar-refractivity contribution in [1.29, 1.82) is 0 Å². The van der Waals surface area contributed by atoms with E-state index in [9.17, 15) is 18.0 Å². The van der Waals surface area contributed by atoms with Crippen LogP contribution in [0.2, 0.25) is 0 Å². The van der Waals surface area contributed by atoms with E-state index in [2.05, 4.69) is 9.82 Å². The number of carbonyl (C=O) groups excluding carboxylic acids is 1. The second kappa shape index (κ2) is 4.48. The Labute approximate surface area is 89.6 Å². The third-order valence-electron chi connectivity index (χ3n) is 1.92. The average molecular weight is 234 g/mol. The monoisotopic (exact) mass is 234 g/mol. The van der Waals surface area contributed by atoms with E-state index in [1.54, 1.807) is 0 Å². The molecular weight excluding hydrogens is 225 g/mol. The summed E-state index contributed by atoms with van der Waals surface area (Å²) in [5.74, 6) is -0.900. The number of hydroxylamine groups is 2. The normalized spacial score (nSPS) is 11.3. The smallest absolute Gasteiger partial charge is 0.274 e. The number of alkyl halides is 3. The van der Waals surface area contributed by atoms with Gasteiger partial charge >= 0.3 is 6.18 Å². The zero-order valence-electron chi connectivity index (χ0n) is 8.58. The molecule has 1 amide bonds. The Bertz CT molecular complexity index is 393. The molecule has 88 valence electrons. The van der Waals surface area contributed by atoms with Crippen molar-refractivity contribution in [3.8, 4) is 0 Å². The Hall–Kier alpha value is -1.63. The van der Waals surface area contributed by atoms with E-state index in [1.807, 2.05) is 0 Å². The maximum Gasteiger partial charge on any atom is 0.417 e. The Kier molecular flexibility index (Phi) is 3.48. The van der Waals surface area contributed by atoms with E-state index in [-0.39, 0.29) is 0 Å². The lowest BCUT2D eigenvalue weighted by Crippen LogP contribution is -2.28. The van der Waals surface area contributed by atoms with Crippen molar-refractivity contribution in [2.45, 2.75) is 6.18 Å². The summed E-state index contributed by atoms with van der Waals surface area (Å²) in [7, 11) is 2.40. The average Bonchev–Trinajstić information content (AvgIpc) is 2.26. The minimum absolute atomic E-state index is 0.542. The highest BCUT2D eigenvalue weighted by Crippen LogP contribution is 2.31. The first-order valence-corrected chi connectivity index (χ1v) is 4.21. The Morgan fingerprint density at radius 1 is 1.50 bits per heavy atom. The van der Waals surface area contributed by atoms with Crippen molar-refractivity contribution < 1.29 is 22.8 Å². The number of halogens is 3. The van der Waals surface area contributed by atoms with E-state index in [0.29, 0.717) is 5.06 Å². The predicted octanol–water partition coefficient (Wildman–Crippen LogP) is 1.73. The van der Waals surface area contributed by atoms with Gasteiger partial charge in [0.15, 0.2) is 0 Å². The number of rotatable bonds is 2. The third-order valence-corrected chi connectivity index (χ3v) is 1.92. The van der Waals surface area contributed by atoms with E-state index >= 15 is 0 Å². The lowest BCUT2D eigenvalue weighted by Gasteiger charge is -2.16. The van der Waals surface area contributed by atoms with Crippen LogP contribution in [0.3, 0.4) is 0 Å². The molecule has 0 aliphatic carbocycles. The molecule has 0 radical (unpaired) electrons. The third kappa shape index (κ3) is 2.48. The van der Waals surface area contributed by atoms with Gasteiger partial charge in [0.1, 0.15) is 0 Å². The summed E-state index contributed by atoms with van der Waals surface area (Å²) in [5.41, 5.74) is -1.57. The number of carbonyl (C=O) groups is 1. The van der Waals surface area contributed by atoms with Crippen molar-refractivity contribution in [1.82, 2.24) is 10.0 Å². The highest BCUT2D eigenvalue weighted by Gasteiger charge is 2.35. The first-order chi connectivity index (χ1) is 7.38. The van der Waals surface area contributed by atoms with Gasteiger partial charge in [-0.15, -0.1) is 0 Å². The fourth-order valence-electron chi connectivity index (χ4n) is 1.06. The first kappa shape index (κ1) is 12.4. The molecule has 0 aromatic carbocycles.